The Morgan fingerprint density at radius 2 is 1.80 bits per heavy atom. The van der Waals surface area contributed by atoms with Crippen LogP contribution in [-0.4, -0.2) is 12.6 Å². The molecule has 2 rings (SSSR count). The molecule has 4 heteroatoms. The molecule has 2 aromatic carbocycles. The molecule has 0 bridgehead atoms. The largest absolute Gasteiger partial charge is 0.482 e. The third-order valence-electron chi connectivity index (χ3n) is 2.80. The quantitative estimate of drug-likeness (QED) is 0.632. The normalized spacial score (nSPS) is 10.2. The van der Waals surface area contributed by atoms with Gasteiger partial charge in [-0.05, 0) is 49.2 Å². The van der Waals surface area contributed by atoms with Gasteiger partial charge in [0.15, 0.2) is 6.61 Å². The zero-order valence-corrected chi connectivity index (χ0v) is 12.1. The molecule has 104 valence electrons. The van der Waals surface area contributed by atoms with Crippen molar-refractivity contribution in [3.05, 3.63) is 58.6 Å². The van der Waals surface area contributed by atoms with Gasteiger partial charge in [0.25, 0.3) is 0 Å². The van der Waals surface area contributed by atoms with E-state index in [1.54, 1.807) is 18.2 Å². The molecule has 0 radical (unpaired) electrons. The maximum atomic E-state index is 11.8. The fourth-order valence-corrected chi connectivity index (χ4v) is 1.96. The van der Waals surface area contributed by atoms with Crippen LogP contribution in [-0.2, 0) is 4.79 Å². The molecule has 0 N–H and O–H groups in total. The molecule has 0 fully saturated rings. The topological polar surface area (TPSA) is 35.5 Å². The second kappa shape index (κ2) is 6.44. The van der Waals surface area contributed by atoms with E-state index in [9.17, 15) is 4.79 Å². The Kier molecular flexibility index (Phi) is 4.64. The van der Waals surface area contributed by atoms with Gasteiger partial charge in [0.2, 0.25) is 0 Å². The van der Waals surface area contributed by atoms with E-state index in [1.807, 2.05) is 38.1 Å². The lowest BCUT2D eigenvalue weighted by molar-refractivity contribution is -0.136. The minimum Gasteiger partial charge on any atom is -0.482 e. The molecule has 3 nitrogen and oxygen atoms in total. The van der Waals surface area contributed by atoms with Gasteiger partial charge in [-0.1, -0.05) is 29.8 Å². The summed E-state index contributed by atoms with van der Waals surface area (Å²) in [5.74, 6) is 0.726. The molecule has 2 aromatic rings. The SMILES string of the molecule is Cc1ccccc1OCC(=O)Oc1ccc(Cl)cc1C. The van der Waals surface area contributed by atoms with Gasteiger partial charge in [0.1, 0.15) is 11.5 Å². The first-order valence-corrected chi connectivity index (χ1v) is 6.59. The fourth-order valence-electron chi connectivity index (χ4n) is 1.73. The Morgan fingerprint density at radius 3 is 2.50 bits per heavy atom. The molecule has 0 saturated heterocycles. The Balaban J connectivity index is 1.94. The number of hydrogen-bond donors (Lipinski definition) is 0. The number of para-hydroxylation sites is 1. The molecule has 0 saturated carbocycles. The number of esters is 1. The van der Waals surface area contributed by atoms with E-state index in [0.717, 1.165) is 11.1 Å². The molecular weight excluding hydrogens is 276 g/mol. The van der Waals surface area contributed by atoms with Crippen LogP contribution in [0.3, 0.4) is 0 Å². The summed E-state index contributed by atoms with van der Waals surface area (Å²) in [7, 11) is 0. The molecule has 0 aromatic heterocycles. The average Bonchev–Trinajstić information content (AvgIpc) is 2.41. The second-order valence-electron chi connectivity index (χ2n) is 4.44. The molecule has 0 aliphatic carbocycles. The highest BCUT2D eigenvalue weighted by molar-refractivity contribution is 6.30. The number of halogens is 1. The smallest absolute Gasteiger partial charge is 0.349 e. The zero-order chi connectivity index (χ0) is 14.5. The lowest BCUT2D eigenvalue weighted by Crippen LogP contribution is -2.18. The van der Waals surface area contributed by atoms with Gasteiger partial charge in [-0.2, -0.15) is 0 Å². The van der Waals surface area contributed by atoms with Crippen LogP contribution in [0.5, 0.6) is 11.5 Å². The van der Waals surface area contributed by atoms with Crippen LogP contribution in [0.2, 0.25) is 5.02 Å². The number of carbonyl (C=O) groups is 1. The Labute approximate surface area is 123 Å². The van der Waals surface area contributed by atoms with Crippen molar-refractivity contribution in [1.29, 1.82) is 0 Å². The summed E-state index contributed by atoms with van der Waals surface area (Å²) in [5.41, 5.74) is 1.78. The molecule has 0 aliphatic heterocycles. The summed E-state index contributed by atoms with van der Waals surface area (Å²) >= 11 is 5.85. The van der Waals surface area contributed by atoms with E-state index in [1.165, 1.54) is 0 Å². The van der Waals surface area contributed by atoms with Gasteiger partial charge in [-0.3, -0.25) is 0 Å². The predicted octanol–water partition coefficient (Wildman–Crippen LogP) is 3.94. The van der Waals surface area contributed by atoms with Crippen LogP contribution in [0.1, 0.15) is 11.1 Å². The number of benzene rings is 2. The van der Waals surface area contributed by atoms with Crippen molar-refractivity contribution in [3.63, 3.8) is 0 Å². The first-order chi connectivity index (χ1) is 9.56. The van der Waals surface area contributed by atoms with Crippen molar-refractivity contribution in [3.8, 4) is 11.5 Å². The zero-order valence-electron chi connectivity index (χ0n) is 11.4. The van der Waals surface area contributed by atoms with Crippen LogP contribution >= 0.6 is 11.6 Å². The van der Waals surface area contributed by atoms with Gasteiger partial charge in [0.05, 0.1) is 0 Å². The van der Waals surface area contributed by atoms with Crippen LogP contribution in [0.25, 0.3) is 0 Å². The minimum absolute atomic E-state index is 0.132. The summed E-state index contributed by atoms with van der Waals surface area (Å²) in [6.45, 7) is 3.62. The number of carbonyl (C=O) groups excluding carboxylic acids is 1. The van der Waals surface area contributed by atoms with Gasteiger partial charge in [0, 0.05) is 5.02 Å². The van der Waals surface area contributed by atoms with Gasteiger partial charge >= 0.3 is 5.97 Å². The first-order valence-electron chi connectivity index (χ1n) is 6.21. The lowest BCUT2D eigenvalue weighted by Gasteiger charge is -2.10. The molecule has 0 spiro atoms. The van der Waals surface area contributed by atoms with Crippen molar-refractivity contribution >= 4 is 17.6 Å². The van der Waals surface area contributed by atoms with Crippen molar-refractivity contribution in [1.82, 2.24) is 0 Å². The number of rotatable bonds is 4. The Hall–Kier alpha value is -2.00. The summed E-state index contributed by atoms with van der Waals surface area (Å²) in [6, 6.07) is 12.6. The summed E-state index contributed by atoms with van der Waals surface area (Å²) < 4.78 is 10.7. The summed E-state index contributed by atoms with van der Waals surface area (Å²) in [6.07, 6.45) is 0. The van der Waals surface area contributed by atoms with E-state index >= 15 is 0 Å². The van der Waals surface area contributed by atoms with Gasteiger partial charge in [-0.15, -0.1) is 0 Å². The highest BCUT2D eigenvalue weighted by atomic mass is 35.5. The molecule has 0 atom stereocenters. The molecule has 20 heavy (non-hydrogen) atoms. The van der Waals surface area contributed by atoms with Crippen molar-refractivity contribution in [2.75, 3.05) is 6.61 Å². The number of hydrogen-bond acceptors (Lipinski definition) is 3. The monoisotopic (exact) mass is 290 g/mol. The first kappa shape index (κ1) is 14.4. The summed E-state index contributed by atoms with van der Waals surface area (Å²) in [5, 5.41) is 0.610. The molecule has 0 amide bonds. The highest BCUT2D eigenvalue weighted by Gasteiger charge is 2.09. The van der Waals surface area contributed by atoms with E-state index in [-0.39, 0.29) is 6.61 Å². The predicted molar refractivity (Wildman–Crippen MR) is 78.5 cm³/mol. The maximum Gasteiger partial charge on any atom is 0.349 e. The highest BCUT2D eigenvalue weighted by Crippen LogP contribution is 2.22. The van der Waals surface area contributed by atoms with E-state index in [4.69, 9.17) is 21.1 Å². The van der Waals surface area contributed by atoms with Crippen LogP contribution in [0, 0.1) is 13.8 Å². The molecular formula is C16H15ClO3. The standard InChI is InChI=1S/C16H15ClO3/c1-11-5-3-4-6-14(11)19-10-16(18)20-15-8-7-13(17)9-12(15)2/h3-9H,10H2,1-2H3. The molecule has 0 unspecified atom stereocenters. The van der Waals surface area contributed by atoms with Crippen LogP contribution in [0.15, 0.2) is 42.5 Å². The second-order valence-corrected chi connectivity index (χ2v) is 4.87. The van der Waals surface area contributed by atoms with Crippen molar-refractivity contribution in [2.24, 2.45) is 0 Å². The van der Waals surface area contributed by atoms with E-state index in [2.05, 4.69) is 0 Å². The van der Waals surface area contributed by atoms with Crippen LogP contribution < -0.4 is 9.47 Å². The van der Waals surface area contributed by atoms with E-state index < -0.39 is 5.97 Å². The van der Waals surface area contributed by atoms with Crippen molar-refractivity contribution in [2.45, 2.75) is 13.8 Å². The molecule has 0 heterocycles. The van der Waals surface area contributed by atoms with Crippen molar-refractivity contribution < 1.29 is 14.3 Å². The third kappa shape index (κ3) is 3.75. The maximum absolute atomic E-state index is 11.8. The van der Waals surface area contributed by atoms with Crippen LogP contribution in [0.4, 0.5) is 0 Å². The number of aryl methyl sites for hydroxylation is 2. The Bertz CT molecular complexity index is 623. The average molecular weight is 291 g/mol. The fraction of sp³-hybridized carbons (Fsp3) is 0.188. The van der Waals surface area contributed by atoms with Gasteiger partial charge < -0.3 is 9.47 Å². The lowest BCUT2D eigenvalue weighted by atomic mass is 10.2. The summed E-state index contributed by atoms with van der Waals surface area (Å²) in [4.78, 5) is 11.8. The minimum atomic E-state index is -0.446. The molecule has 0 aliphatic rings. The number of ether oxygens (including phenoxy) is 2. The third-order valence-corrected chi connectivity index (χ3v) is 3.03. The Morgan fingerprint density at radius 1 is 1.05 bits per heavy atom. The van der Waals surface area contributed by atoms with E-state index in [0.29, 0.717) is 16.5 Å². The van der Waals surface area contributed by atoms with Gasteiger partial charge in [-0.25, -0.2) is 4.79 Å².